The molecule has 0 atom stereocenters. The number of halogens is 3. The number of hydrogen-bond donors (Lipinski definition) is 1. The Hall–Kier alpha value is -1.69. The van der Waals surface area contributed by atoms with Crippen LogP contribution in [-0.4, -0.2) is 42.0 Å². The summed E-state index contributed by atoms with van der Waals surface area (Å²) in [5.41, 5.74) is 1.33. The molecule has 1 fully saturated rings. The van der Waals surface area contributed by atoms with E-state index >= 15 is 0 Å². The molecule has 27 heavy (non-hydrogen) atoms. The highest BCUT2D eigenvalue weighted by molar-refractivity contribution is 6.42. The second-order valence-electron chi connectivity index (χ2n) is 6.77. The lowest BCUT2D eigenvalue weighted by molar-refractivity contribution is 0.0690. The SMILES string of the molecule is O=C(c1ccc(Cl)c(Cl)c1)N1CCC(CNCCc2cccc(F)n2)CC1. The Kier molecular flexibility index (Phi) is 7.05. The average molecular weight is 410 g/mol. The van der Waals surface area contributed by atoms with Crippen LogP contribution in [0.5, 0.6) is 0 Å². The molecule has 1 N–H and O–H groups in total. The zero-order chi connectivity index (χ0) is 19.2. The Balaban J connectivity index is 1.39. The maximum atomic E-state index is 13.1. The van der Waals surface area contributed by atoms with Gasteiger partial charge in [-0.15, -0.1) is 0 Å². The Labute approximate surface area is 168 Å². The molecule has 1 aromatic heterocycles. The number of hydrogen-bond acceptors (Lipinski definition) is 3. The van der Waals surface area contributed by atoms with Crippen LogP contribution in [0.1, 0.15) is 28.9 Å². The number of rotatable bonds is 6. The summed E-state index contributed by atoms with van der Waals surface area (Å²) in [5, 5.41) is 4.26. The van der Waals surface area contributed by atoms with E-state index in [2.05, 4.69) is 10.3 Å². The molecule has 7 heteroatoms. The summed E-state index contributed by atoms with van der Waals surface area (Å²) in [6, 6.07) is 9.85. The largest absolute Gasteiger partial charge is 0.339 e. The van der Waals surface area contributed by atoms with E-state index in [9.17, 15) is 9.18 Å². The van der Waals surface area contributed by atoms with Crippen molar-refractivity contribution in [2.45, 2.75) is 19.3 Å². The number of amides is 1. The smallest absolute Gasteiger partial charge is 0.253 e. The van der Waals surface area contributed by atoms with Crippen LogP contribution in [0.15, 0.2) is 36.4 Å². The van der Waals surface area contributed by atoms with Gasteiger partial charge in [0.1, 0.15) is 0 Å². The van der Waals surface area contributed by atoms with Gasteiger partial charge in [-0.1, -0.05) is 29.3 Å². The number of nitrogens with zero attached hydrogens (tertiary/aromatic N) is 2. The summed E-state index contributed by atoms with van der Waals surface area (Å²) in [7, 11) is 0. The van der Waals surface area contributed by atoms with Crippen LogP contribution in [0.2, 0.25) is 10.0 Å². The molecule has 1 aliphatic heterocycles. The molecular formula is C20H22Cl2FN3O. The molecule has 1 aromatic carbocycles. The predicted molar refractivity (Wildman–Crippen MR) is 106 cm³/mol. The van der Waals surface area contributed by atoms with Crippen molar-refractivity contribution in [2.24, 2.45) is 5.92 Å². The van der Waals surface area contributed by atoms with Crippen LogP contribution >= 0.6 is 23.2 Å². The Bertz CT molecular complexity index is 795. The van der Waals surface area contributed by atoms with Crippen molar-refractivity contribution in [2.75, 3.05) is 26.2 Å². The lowest BCUT2D eigenvalue weighted by Gasteiger charge is -2.32. The van der Waals surface area contributed by atoms with Gasteiger partial charge in [0.15, 0.2) is 0 Å². The maximum absolute atomic E-state index is 13.1. The van der Waals surface area contributed by atoms with Gasteiger partial charge in [-0.25, -0.2) is 4.98 Å². The number of pyridine rings is 1. The zero-order valence-corrected chi connectivity index (χ0v) is 16.4. The van der Waals surface area contributed by atoms with Gasteiger partial charge in [-0.05, 0) is 55.6 Å². The molecule has 144 valence electrons. The third-order valence-corrected chi connectivity index (χ3v) is 5.57. The molecular weight excluding hydrogens is 388 g/mol. The molecule has 2 heterocycles. The molecule has 0 aliphatic carbocycles. The normalized spacial score (nSPS) is 15.1. The highest BCUT2D eigenvalue weighted by atomic mass is 35.5. The number of piperidine rings is 1. The fraction of sp³-hybridized carbons (Fsp3) is 0.400. The first-order valence-electron chi connectivity index (χ1n) is 9.09. The minimum absolute atomic E-state index is 0.00263. The van der Waals surface area contributed by atoms with E-state index in [-0.39, 0.29) is 5.91 Å². The van der Waals surface area contributed by atoms with E-state index in [4.69, 9.17) is 23.2 Å². The Morgan fingerprint density at radius 1 is 1.19 bits per heavy atom. The van der Waals surface area contributed by atoms with Crippen molar-refractivity contribution in [3.63, 3.8) is 0 Å². The number of nitrogens with one attached hydrogen (secondary N) is 1. The van der Waals surface area contributed by atoms with Crippen molar-refractivity contribution >= 4 is 29.1 Å². The van der Waals surface area contributed by atoms with E-state index < -0.39 is 5.95 Å². The van der Waals surface area contributed by atoms with Crippen LogP contribution in [0, 0.1) is 11.9 Å². The molecule has 0 unspecified atom stereocenters. The van der Waals surface area contributed by atoms with Gasteiger partial charge in [-0.2, -0.15) is 4.39 Å². The van der Waals surface area contributed by atoms with Gasteiger partial charge in [0.2, 0.25) is 5.95 Å². The van der Waals surface area contributed by atoms with Gasteiger partial charge in [0.25, 0.3) is 5.91 Å². The summed E-state index contributed by atoms with van der Waals surface area (Å²) >= 11 is 11.9. The number of aromatic nitrogens is 1. The summed E-state index contributed by atoms with van der Waals surface area (Å²) in [6.45, 7) is 3.12. The van der Waals surface area contributed by atoms with E-state index in [0.717, 1.165) is 44.7 Å². The first-order chi connectivity index (χ1) is 13.0. The number of carbonyl (C=O) groups excluding carboxylic acids is 1. The molecule has 4 nitrogen and oxygen atoms in total. The van der Waals surface area contributed by atoms with E-state index in [1.807, 2.05) is 11.0 Å². The minimum Gasteiger partial charge on any atom is -0.339 e. The first-order valence-corrected chi connectivity index (χ1v) is 9.85. The summed E-state index contributed by atoms with van der Waals surface area (Å²) in [6.07, 6.45) is 2.61. The quantitative estimate of drug-likeness (QED) is 0.573. The Morgan fingerprint density at radius 2 is 1.96 bits per heavy atom. The van der Waals surface area contributed by atoms with E-state index in [0.29, 0.717) is 27.9 Å². The summed E-state index contributed by atoms with van der Waals surface area (Å²) < 4.78 is 13.1. The predicted octanol–water partition coefficient (Wildman–Crippen LogP) is 4.21. The molecule has 1 amide bonds. The maximum Gasteiger partial charge on any atom is 0.253 e. The van der Waals surface area contributed by atoms with Gasteiger partial charge in [0, 0.05) is 37.3 Å². The topological polar surface area (TPSA) is 45.2 Å². The number of likely N-dealkylation sites (tertiary alicyclic amines) is 1. The molecule has 1 aliphatic rings. The Morgan fingerprint density at radius 3 is 2.67 bits per heavy atom. The third kappa shape index (κ3) is 5.64. The molecule has 2 aromatic rings. The molecule has 0 saturated carbocycles. The van der Waals surface area contributed by atoms with Gasteiger partial charge < -0.3 is 10.2 Å². The van der Waals surface area contributed by atoms with Crippen molar-refractivity contribution < 1.29 is 9.18 Å². The number of carbonyl (C=O) groups is 1. The molecule has 0 spiro atoms. The number of benzene rings is 1. The standard InChI is InChI=1S/C20H22Cl2FN3O/c21-17-5-4-15(12-18(17)22)20(27)26-10-7-14(8-11-26)13-24-9-6-16-2-1-3-19(23)25-16/h1-5,12,14,24H,6-11,13H2. The third-order valence-electron chi connectivity index (χ3n) is 4.83. The van der Waals surface area contributed by atoms with Crippen LogP contribution < -0.4 is 5.32 Å². The van der Waals surface area contributed by atoms with Crippen LogP contribution in [0.3, 0.4) is 0 Å². The fourth-order valence-electron chi connectivity index (χ4n) is 3.26. The molecule has 3 rings (SSSR count). The van der Waals surface area contributed by atoms with Crippen molar-refractivity contribution in [3.05, 3.63) is 63.6 Å². The van der Waals surface area contributed by atoms with Crippen molar-refractivity contribution in [1.29, 1.82) is 0 Å². The van der Waals surface area contributed by atoms with Gasteiger partial charge in [0.05, 0.1) is 10.0 Å². The first kappa shape index (κ1) is 20.1. The fourth-order valence-corrected chi connectivity index (χ4v) is 3.56. The molecule has 1 saturated heterocycles. The van der Waals surface area contributed by atoms with Gasteiger partial charge >= 0.3 is 0 Å². The second kappa shape index (κ2) is 9.49. The summed E-state index contributed by atoms with van der Waals surface area (Å²) in [4.78, 5) is 18.3. The second-order valence-corrected chi connectivity index (χ2v) is 7.58. The van der Waals surface area contributed by atoms with E-state index in [1.165, 1.54) is 6.07 Å². The molecule has 0 radical (unpaired) electrons. The highest BCUT2D eigenvalue weighted by Gasteiger charge is 2.23. The van der Waals surface area contributed by atoms with Crippen LogP contribution in [-0.2, 0) is 6.42 Å². The van der Waals surface area contributed by atoms with Crippen molar-refractivity contribution in [3.8, 4) is 0 Å². The monoisotopic (exact) mass is 409 g/mol. The van der Waals surface area contributed by atoms with Crippen LogP contribution in [0.4, 0.5) is 4.39 Å². The highest BCUT2D eigenvalue weighted by Crippen LogP contribution is 2.24. The molecule has 0 bridgehead atoms. The summed E-state index contributed by atoms with van der Waals surface area (Å²) in [5.74, 6) is 0.0898. The zero-order valence-electron chi connectivity index (χ0n) is 14.9. The van der Waals surface area contributed by atoms with E-state index in [1.54, 1.807) is 24.3 Å². The lowest BCUT2D eigenvalue weighted by atomic mass is 9.96. The lowest BCUT2D eigenvalue weighted by Crippen LogP contribution is -2.41. The van der Waals surface area contributed by atoms with Crippen LogP contribution in [0.25, 0.3) is 0 Å². The minimum atomic E-state index is -0.438. The average Bonchev–Trinajstić information content (AvgIpc) is 2.67. The van der Waals surface area contributed by atoms with Crippen molar-refractivity contribution in [1.82, 2.24) is 15.2 Å². The van der Waals surface area contributed by atoms with Gasteiger partial charge in [-0.3, -0.25) is 4.79 Å².